The van der Waals surface area contributed by atoms with Crippen molar-refractivity contribution in [2.45, 2.75) is 49.2 Å². The van der Waals surface area contributed by atoms with E-state index in [9.17, 15) is 12.8 Å². The molecule has 1 N–H and O–H groups in total. The molecule has 3 fully saturated rings. The van der Waals surface area contributed by atoms with Crippen LogP contribution in [0.25, 0.3) is 11.4 Å². The van der Waals surface area contributed by atoms with Crippen LogP contribution >= 0.6 is 0 Å². The number of piperazine rings is 1. The van der Waals surface area contributed by atoms with E-state index in [0.29, 0.717) is 31.1 Å². The lowest BCUT2D eigenvalue weighted by Crippen LogP contribution is -2.47. The highest BCUT2D eigenvalue weighted by Crippen LogP contribution is 2.35. The first-order valence-corrected chi connectivity index (χ1v) is 14.0. The Balaban J connectivity index is 1.22. The summed E-state index contributed by atoms with van der Waals surface area (Å²) in [6.07, 6.45) is 5.31. The quantitative estimate of drug-likeness (QED) is 0.522. The average Bonchev–Trinajstić information content (AvgIpc) is 3.60. The molecule has 0 spiro atoms. The van der Waals surface area contributed by atoms with Crippen LogP contribution < -0.4 is 5.32 Å². The van der Waals surface area contributed by atoms with Crippen LogP contribution in [0.3, 0.4) is 0 Å². The third-order valence-corrected chi connectivity index (χ3v) is 9.64. The van der Waals surface area contributed by atoms with Crippen molar-refractivity contribution in [3.05, 3.63) is 48.3 Å². The number of aryl methyl sites for hydroxylation is 1. The topological polar surface area (TPSA) is 105 Å². The van der Waals surface area contributed by atoms with Crippen molar-refractivity contribution in [3.8, 4) is 11.4 Å². The van der Waals surface area contributed by atoms with E-state index in [1.54, 1.807) is 34.8 Å². The maximum atomic E-state index is 14.9. The van der Waals surface area contributed by atoms with Gasteiger partial charge in [-0.05, 0) is 57.5 Å². The number of sulfonamides is 1. The van der Waals surface area contributed by atoms with Gasteiger partial charge in [0.2, 0.25) is 16.0 Å². The van der Waals surface area contributed by atoms with Crippen LogP contribution in [0.2, 0.25) is 0 Å². The smallest absolute Gasteiger partial charge is 0.243 e. The van der Waals surface area contributed by atoms with Gasteiger partial charge in [-0.25, -0.2) is 27.8 Å². The SMILES string of the molecule is Cc1ncc(-c2nc(Nc3ccc(S(=O)(=O)N4CC5C[C@H]4CN5C)cc3)ncc2F)n1C1CCOCC1. The van der Waals surface area contributed by atoms with Crippen molar-refractivity contribution in [3.63, 3.8) is 0 Å². The Hall–Kier alpha value is -2.93. The van der Waals surface area contributed by atoms with Gasteiger partial charge in [0.25, 0.3) is 0 Å². The molecule has 196 valence electrons. The van der Waals surface area contributed by atoms with Crippen LogP contribution in [0.5, 0.6) is 0 Å². The van der Waals surface area contributed by atoms with E-state index in [1.807, 2.05) is 18.5 Å². The summed E-state index contributed by atoms with van der Waals surface area (Å²) in [5.74, 6) is 0.471. The van der Waals surface area contributed by atoms with E-state index in [1.165, 1.54) is 0 Å². The largest absolute Gasteiger partial charge is 0.381 e. The summed E-state index contributed by atoms with van der Waals surface area (Å²) < 4.78 is 50.4. The van der Waals surface area contributed by atoms with E-state index in [4.69, 9.17) is 4.74 Å². The lowest BCUT2D eigenvalue weighted by atomic mass is 10.1. The van der Waals surface area contributed by atoms with Gasteiger partial charge in [0.05, 0.1) is 23.0 Å². The molecule has 10 nitrogen and oxygen atoms in total. The molecule has 3 aliphatic rings. The molecular weight excluding hydrogens is 497 g/mol. The molecule has 0 radical (unpaired) electrons. The summed E-state index contributed by atoms with van der Waals surface area (Å²) in [6.45, 7) is 4.50. The number of likely N-dealkylation sites (N-methyl/N-ethyl adjacent to an activating group) is 1. The van der Waals surface area contributed by atoms with Crippen molar-refractivity contribution in [1.82, 2.24) is 28.7 Å². The van der Waals surface area contributed by atoms with Gasteiger partial charge in [-0.15, -0.1) is 0 Å². The molecule has 3 aliphatic heterocycles. The third kappa shape index (κ3) is 4.41. The molecule has 3 aromatic rings. The first kappa shape index (κ1) is 24.4. The lowest BCUT2D eigenvalue weighted by molar-refractivity contribution is 0.0694. The summed E-state index contributed by atoms with van der Waals surface area (Å²) in [7, 11) is -1.53. The number of anilines is 2. The van der Waals surface area contributed by atoms with Crippen LogP contribution in [0.15, 0.2) is 41.6 Å². The Kier molecular flexibility index (Phi) is 6.22. The number of benzene rings is 1. The zero-order chi connectivity index (χ0) is 25.7. The van der Waals surface area contributed by atoms with Crippen LogP contribution in [0, 0.1) is 12.7 Å². The number of rotatable bonds is 6. The minimum absolute atomic E-state index is 0.0297. The first-order valence-electron chi connectivity index (χ1n) is 12.5. The fraction of sp³-hybridized carbons (Fsp3) is 0.480. The van der Waals surface area contributed by atoms with Gasteiger partial charge in [-0.3, -0.25) is 0 Å². The fourth-order valence-corrected chi connectivity index (χ4v) is 7.40. The molecule has 2 aromatic heterocycles. The molecule has 0 aliphatic carbocycles. The number of fused-ring (bicyclic) bond motifs is 2. The van der Waals surface area contributed by atoms with E-state index in [2.05, 4.69) is 25.2 Å². The molecule has 2 atom stereocenters. The second-order valence-electron chi connectivity index (χ2n) is 10.0. The van der Waals surface area contributed by atoms with Gasteiger partial charge in [0.15, 0.2) is 5.82 Å². The Morgan fingerprint density at radius 3 is 2.46 bits per heavy atom. The maximum Gasteiger partial charge on any atom is 0.243 e. The molecule has 37 heavy (non-hydrogen) atoms. The molecule has 0 saturated carbocycles. The fourth-order valence-electron chi connectivity index (χ4n) is 5.74. The van der Waals surface area contributed by atoms with E-state index >= 15 is 0 Å². The number of aromatic nitrogens is 4. The lowest BCUT2D eigenvalue weighted by Gasteiger charge is -2.31. The average molecular weight is 528 g/mol. The standard InChI is InChI=1S/C25H30FN7O3S/c1-16-27-13-23(33(16)18-7-9-36-10-8-18)24-22(26)12-28-25(30-24)29-17-3-5-21(6-4-17)37(34,35)32-15-19-11-20(32)14-31(19)2/h3-6,12-13,18-20H,7-11,14-15H2,1-2H3,(H,28,29,30)/t19?,20-/m0/s1. The van der Waals surface area contributed by atoms with Crippen molar-refractivity contribution < 1.29 is 17.5 Å². The second kappa shape index (κ2) is 9.43. The number of hydrogen-bond acceptors (Lipinski definition) is 8. The first-order chi connectivity index (χ1) is 17.8. The van der Waals surface area contributed by atoms with Crippen molar-refractivity contribution in [2.75, 3.05) is 38.7 Å². The van der Waals surface area contributed by atoms with Crippen molar-refractivity contribution >= 4 is 21.7 Å². The van der Waals surface area contributed by atoms with Crippen LogP contribution in [0.4, 0.5) is 16.0 Å². The number of halogens is 1. The second-order valence-corrected chi connectivity index (χ2v) is 11.9. The highest BCUT2D eigenvalue weighted by Gasteiger charge is 2.47. The molecule has 6 rings (SSSR count). The van der Waals surface area contributed by atoms with Gasteiger partial charge in [-0.1, -0.05) is 0 Å². The third-order valence-electron chi connectivity index (χ3n) is 7.71. The van der Waals surface area contributed by atoms with Gasteiger partial charge >= 0.3 is 0 Å². The highest BCUT2D eigenvalue weighted by atomic mass is 32.2. The summed E-state index contributed by atoms with van der Waals surface area (Å²) in [4.78, 5) is 15.4. The molecule has 3 saturated heterocycles. The monoisotopic (exact) mass is 527 g/mol. The van der Waals surface area contributed by atoms with Gasteiger partial charge in [0, 0.05) is 50.1 Å². The minimum atomic E-state index is -3.56. The highest BCUT2D eigenvalue weighted by molar-refractivity contribution is 7.89. The Morgan fingerprint density at radius 1 is 1.03 bits per heavy atom. The van der Waals surface area contributed by atoms with E-state index < -0.39 is 15.8 Å². The predicted molar refractivity (Wildman–Crippen MR) is 135 cm³/mol. The number of nitrogens with zero attached hydrogens (tertiary/aromatic N) is 6. The minimum Gasteiger partial charge on any atom is -0.381 e. The van der Waals surface area contributed by atoms with Crippen molar-refractivity contribution in [2.24, 2.45) is 0 Å². The Labute approximate surface area is 215 Å². The summed E-state index contributed by atoms with van der Waals surface area (Å²) in [6, 6.07) is 7.01. The molecule has 12 heteroatoms. The van der Waals surface area contributed by atoms with Gasteiger partial charge in [0.1, 0.15) is 11.5 Å². The maximum absolute atomic E-state index is 14.9. The molecule has 2 bridgehead atoms. The summed E-state index contributed by atoms with van der Waals surface area (Å²) in [5, 5.41) is 3.07. The normalized spacial score (nSPS) is 23.1. The Morgan fingerprint density at radius 2 is 1.78 bits per heavy atom. The summed E-state index contributed by atoms with van der Waals surface area (Å²) >= 11 is 0. The molecule has 0 amide bonds. The molecular formula is C25H30FN7O3S. The van der Waals surface area contributed by atoms with Gasteiger partial charge < -0.3 is 19.5 Å². The predicted octanol–water partition coefficient (Wildman–Crippen LogP) is 2.96. The van der Waals surface area contributed by atoms with E-state index in [0.717, 1.165) is 37.8 Å². The number of hydrogen-bond donors (Lipinski definition) is 1. The van der Waals surface area contributed by atoms with Crippen molar-refractivity contribution in [1.29, 1.82) is 0 Å². The Bertz CT molecular complexity index is 1400. The number of likely N-dealkylation sites (tertiary alicyclic amines) is 1. The number of nitrogens with one attached hydrogen (secondary N) is 1. The zero-order valence-electron chi connectivity index (χ0n) is 20.8. The van der Waals surface area contributed by atoms with Crippen LogP contribution in [0.1, 0.15) is 31.1 Å². The van der Waals surface area contributed by atoms with E-state index in [-0.39, 0.29) is 34.7 Å². The van der Waals surface area contributed by atoms with Crippen LogP contribution in [-0.2, 0) is 14.8 Å². The number of ether oxygens (including phenoxy) is 1. The molecule has 1 aromatic carbocycles. The molecule has 1 unspecified atom stereocenters. The molecule has 5 heterocycles. The van der Waals surface area contributed by atoms with Gasteiger partial charge in [-0.2, -0.15) is 4.31 Å². The zero-order valence-corrected chi connectivity index (χ0v) is 21.7. The number of imidazole rings is 1. The van der Waals surface area contributed by atoms with Crippen LogP contribution in [-0.4, -0.2) is 82.6 Å². The summed E-state index contributed by atoms with van der Waals surface area (Å²) in [5.41, 5.74) is 1.37.